The van der Waals surface area contributed by atoms with Gasteiger partial charge in [0.05, 0.1) is 0 Å². The first-order valence-corrected chi connectivity index (χ1v) is 3.56. The van der Waals surface area contributed by atoms with E-state index < -0.39 is 5.97 Å². The summed E-state index contributed by atoms with van der Waals surface area (Å²) in [6.07, 6.45) is 2.64. The number of rotatable bonds is 5. The monoisotopic (exact) mass is 149 g/mol. The van der Waals surface area contributed by atoms with Crippen molar-refractivity contribution in [2.75, 3.05) is 5.88 Å². The third kappa shape index (κ3) is 7.76. The van der Waals surface area contributed by atoms with Gasteiger partial charge in [-0.3, -0.25) is 0 Å². The molecule has 0 aliphatic rings. The lowest BCUT2D eigenvalue weighted by molar-refractivity contribution is -0.305. The fourth-order valence-corrected chi connectivity index (χ4v) is 0.730. The summed E-state index contributed by atoms with van der Waals surface area (Å²) >= 11 is 5.35. The Morgan fingerprint density at radius 2 is 2.00 bits per heavy atom. The van der Waals surface area contributed by atoms with Crippen LogP contribution in [0.4, 0.5) is 0 Å². The molecule has 0 spiro atoms. The summed E-state index contributed by atoms with van der Waals surface area (Å²) in [7, 11) is 0. The number of carbonyl (C=O) groups is 1. The molecule has 0 bridgehead atoms. The largest absolute Gasteiger partial charge is 0.550 e. The first kappa shape index (κ1) is 8.76. The molecule has 0 aromatic carbocycles. The number of carboxylic acid groups (broad SMARTS) is 1. The third-order valence-corrected chi connectivity index (χ3v) is 1.28. The SMILES string of the molecule is O=C([O-])CCCCCCl. The second-order valence-corrected chi connectivity index (χ2v) is 2.25. The summed E-state index contributed by atoms with van der Waals surface area (Å²) in [5, 5.41) is 9.82. The third-order valence-electron chi connectivity index (χ3n) is 1.01. The quantitative estimate of drug-likeness (QED) is 0.423. The molecule has 0 aliphatic heterocycles. The van der Waals surface area contributed by atoms with Crippen LogP contribution in [0.2, 0.25) is 0 Å². The van der Waals surface area contributed by atoms with Gasteiger partial charge >= 0.3 is 0 Å². The molecule has 54 valence electrons. The smallest absolute Gasteiger partial charge is 0.0414 e. The lowest BCUT2D eigenvalue weighted by Gasteiger charge is -1.98. The van der Waals surface area contributed by atoms with Gasteiger partial charge in [0.25, 0.3) is 0 Å². The number of unbranched alkanes of at least 4 members (excludes halogenated alkanes) is 2. The van der Waals surface area contributed by atoms with Gasteiger partial charge < -0.3 is 9.90 Å². The maximum absolute atomic E-state index is 9.82. The van der Waals surface area contributed by atoms with Crippen LogP contribution in [-0.4, -0.2) is 11.8 Å². The van der Waals surface area contributed by atoms with Crippen molar-refractivity contribution >= 4 is 17.6 Å². The highest BCUT2D eigenvalue weighted by atomic mass is 35.5. The molecule has 0 aromatic rings. The number of carboxylic acids is 1. The predicted octanol–water partition coefficient (Wildman–Crippen LogP) is 0.535. The minimum atomic E-state index is -0.968. The fraction of sp³-hybridized carbons (Fsp3) is 0.833. The molecule has 0 radical (unpaired) electrons. The van der Waals surface area contributed by atoms with Gasteiger partial charge in [0.15, 0.2) is 0 Å². The van der Waals surface area contributed by atoms with E-state index in [1.165, 1.54) is 0 Å². The van der Waals surface area contributed by atoms with E-state index in [0.29, 0.717) is 12.3 Å². The van der Waals surface area contributed by atoms with Gasteiger partial charge in [-0.1, -0.05) is 6.42 Å². The first-order valence-electron chi connectivity index (χ1n) is 3.03. The lowest BCUT2D eigenvalue weighted by Crippen LogP contribution is -2.21. The number of aliphatic carboxylic acids is 1. The molecular weight excluding hydrogens is 140 g/mol. The summed E-state index contributed by atoms with van der Waals surface area (Å²) in [6, 6.07) is 0. The molecule has 0 saturated heterocycles. The van der Waals surface area contributed by atoms with Crippen molar-refractivity contribution < 1.29 is 9.90 Å². The number of carbonyl (C=O) groups excluding carboxylic acids is 1. The van der Waals surface area contributed by atoms with Gasteiger partial charge in [-0.05, 0) is 19.3 Å². The molecule has 2 nitrogen and oxygen atoms in total. The van der Waals surface area contributed by atoms with E-state index >= 15 is 0 Å². The van der Waals surface area contributed by atoms with E-state index in [-0.39, 0.29) is 6.42 Å². The maximum atomic E-state index is 9.82. The van der Waals surface area contributed by atoms with Crippen molar-refractivity contribution in [3.05, 3.63) is 0 Å². The van der Waals surface area contributed by atoms with E-state index in [9.17, 15) is 9.90 Å². The molecule has 3 heteroatoms. The second kappa shape index (κ2) is 5.89. The number of hydrogen-bond donors (Lipinski definition) is 0. The van der Waals surface area contributed by atoms with E-state index in [4.69, 9.17) is 11.6 Å². The van der Waals surface area contributed by atoms with Crippen LogP contribution >= 0.6 is 11.6 Å². The maximum Gasteiger partial charge on any atom is 0.0414 e. The van der Waals surface area contributed by atoms with Crippen LogP contribution in [0, 0.1) is 0 Å². The summed E-state index contributed by atoms with van der Waals surface area (Å²) in [5.74, 6) is -0.350. The van der Waals surface area contributed by atoms with Crippen LogP contribution in [0.1, 0.15) is 25.7 Å². The van der Waals surface area contributed by atoms with E-state index in [1.54, 1.807) is 0 Å². The average Bonchev–Trinajstić information content (AvgIpc) is 1.80. The normalized spacial score (nSPS) is 9.44. The Bertz CT molecular complexity index is 83.1. The lowest BCUT2D eigenvalue weighted by atomic mass is 10.2. The summed E-state index contributed by atoms with van der Waals surface area (Å²) in [5.41, 5.74) is 0. The number of halogens is 1. The highest BCUT2D eigenvalue weighted by molar-refractivity contribution is 6.17. The minimum absolute atomic E-state index is 0.164. The molecule has 9 heavy (non-hydrogen) atoms. The zero-order valence-corrected chi connectivity index (χ0v) is 5.99. The van der Waals surface area contributed by atoms with E-state index in [0.717, 1.165) is 12.8 Å². The van der Waals surface area contributed by atoms with Crippen molar-refractivity contribution in [3.63, 3.8) is 0 Å². The Morgan fingerprint density at radius 1 is 1.33 bits per heavy atom. The molecule has 0 rings (SSSR count). The van der Waals surface area contributed by atoms with Crippen molar-refractivity contribution in [3.8, 4) is 0 Å². The van der Waals surface area contributed by atoms with E-state index in [1.807, 2.05) is 0 Å². The van der Waals surface area contributed by atoms with Crippen molar-refractivity contribution in [2.45, 2.75) is 25.7 Å². The fourth-order valence-electron chi connectivity index (χ4n) is 0.541. The Kier molecular flexibility index (Phi) is 5.73. The summed E-state index contributed by atoms with van der Waals surface area (Å²) in [6.45, 7) is 0. The zero-order valence-electron chi connectivity index (χ0n) is 5.23. The summed E-state index contributed by atoms with van der Waals surface area (Å²) in [4.78, 5) is 9.82. The van der Waals surface area contributed by atoms with Gasteiger partial charge in [0, 0.05) is 11.8 Å². The van der Waals surface area contributed by atoms with Gasteiger partial charge in [-0.2, -0.15) is 0 Å². The highest BCUT2D eigenvalue weighted by Crippen LogP contribution is 1.99. The molecule has 0 atom stereocenters. The van der Waals surface area contributed by atoms with Crippen LogP contribution < -0.4 is 5.11 Å². The van der Waals surface area contributed by atoms with Crippen LogP contribution in [-0.2, 0) is 4.79 Å². The Hall–Kier alpha value is -0.240. The second-order valence-electron chi connectivity index (χ2n) is 1.87. The topological polar surface area (TPSA) is 40.1 Å². The standard InChI is InChI=1S/C6H11ClO2/c7-5-3-1-2-4-6(8)9/h1-5H2,(H,8,9)/p-1. The summed E-state index contributed by atoms with van der Waals surface area (Å²) < 4.78 is 0. The molecule has 0 aliphatic carbocycles. The molecule has 0 fully saturated rings. The molecule has 0 heterocycles. The Balaban J connectivity index is 2.83. The zero-order chi connectivity index (χ0) is 7.11. The van der Waals surface area contributed by atoms with Crippen molar-refractivity contribution in [1.82, 2.24) is 0 Å². The first-order chi connectivity index (χ1) is 4.27. The van der Waals surface area contributed by atoms with Crippen LogP contribution in [0.5, 0.6) is 0 Å². The van der Waals surface area contributed by atoms with Crippen LogP contribution in [0.25, 0.3) is 0 Å². The minimum Gasteiger partial charge on any atom is -0.550 e. The molecular formula is C6H10ClO2-. The van der Waals surface area contributed by atoms with Crippen molar-refractivity contribution in [2.24, 2.45) is 0 Å². The highest BCUT2D eigenvalue weighted by Gasteiger charge is 1.87. The molecule has 0 unspecified atom stereocenters. The molecule has 0 N–H and O–H groups in total. The van der Waals surface area contributed by atoms with E-state index in [2.05, 4.69) is 0 Å². The van der Waals surface area contributed by atoms with Gasteiger partial charge in [0.2, 0.25) is 0 Å². The van der Waals surface area contributed by atoms with Crippen LogP contribution in [0.15, 0.2) is 0 Å². The van der Waals surface area contributed by atoms with Crippen LogP contribution in [0.3, 0.4) is 0 Å². The molecule has 0 amide bonds. The number of hydrogen-bond acceptors (Lipinski definition) is 2. The van der Waals surface area contributed by atoms with Gasteiger partial charge in [0.1, 0.15) is 0 Å². The molecule has 0 saturated carbocycles. The average molecular weight is 150 g/mol. The van der Waals surface area contributed by atoms with Gasteiger partial charge in [-0.15, -0.1) is 11.6 Å². The van der Waals surface area contributed by atoms with Crippen molar-refractivity contribution in [1.29, 1.82) is 0 Å². The Labute approximate surface area is 59.8 Å². The number of alkyl halides is 1. The van der Waals surface area contributed by atoms with Gasteiger partial charge in [-0.25, -0.2) is 0 Å². The Morgan fingerprint density at radius 3 is 2.44 bits per heavy atom. The molecule has 0 aromatic heterocycles. The predicted molar refractivity (Wildman–Crippen MR) is 34.2 cm³/mol.